The van der Waals surface area contributed by atoms with Crippen LogP contribution >= 0.6 is 11.8 Å². The number of hydrogen-bond donors (Lipinski definition) is 3. The summed E-state index contributed by atoms with van der Waals surface area (Å²) in [4.78, 5) is 22.6. The van der Waals surface area contributed by atoms with Gasteiger partial charge in [-0.25, -0.2) is 9.89 Å². The van der Waals surface area contributed by atoms with E-state index in [2.05, 4.69) is 15.5 Å². The summed E-state index contributed by atoms with van der Waals surface area (Å²) in [6.07, 6.45) is 2.52. The molecule has 0 radical (unpaired) electrons. The smallest absolute Gasteiger partial charge is 0.343 e. The van der Waals surface area contributed by atoms with E-state index >= 15 is 0 Å². The van der Waals surface area contributed by atoms with Crippen molar-refractivity contribution in [3.63, 3.8) is 0 Å². The van der Waals surface area contributed by atoms with Crippen LogP contribution < -0.4 is 16.7 Å². The summed E-state index contributed by atoms with van der Waals surface area (Å²) in [5.41, 5.74) is 4.58. The van der Waals surface area contributed by atoms with Crippen LogP contribution in [0.4, 0.5) is 0 Å². The molecule has 1 amide bonds. The molecule has 0 fully saturated rings. The lowest BCUT2D eigenvalue weighted by Crippen LogP contribution is -2.52. The molecule has 1 unspecified atom stereocenters. The molecule has 8 heteroatoms. The van der Waals surface area contributed by atoms with Gasteiger partial charge in [0.2, 0.25) is 5.91 Å². The number of carbonyl (C=O) groups excluding carboxylic acids is 1. The molecule has 1 heterocycles. The van der Waals surface area contributed by atoms with Crippen molar-refractivity contribution >= 4 is 17.7 Å². The first-order chi connectivity index (χ1) is 9.40. The van der Waals surface area contributed by atoms with E-state index < -0.39 is 5.54 Å². The fourth-order valence-corrected chi connectivity index (χ4v) is 2.81. The minimum absolute atomic E-state index is 0.207. The van der Waals surface area contributed by atoms with E-state index in [1.165, 1.54) is 16.3 Å². The zero-order chi connectivity index (χ0) is 15.2. The molecule has 1 atom stereocenters. The number of amides is 1. The maximum atomic E-state index is 11.4. The predicted octanol–water partition coefficient (Wildman–Crippen LogP) is 0.224. The number of nitrogens with one attached hydrogen (secondary N) is 2. The number of thioether (sulfide) groups is 1. The highest BCUT2D eigenvalue weighted by atomic mass is 32.2. The number of unbranched alkanes of at least 4 members (excludes halogenated alkanes) is 1. The molecule has 0 aromatic carbocycles. The summed E-state index contributed by atoms with van der Waals surface area (Å²) in [5, 5.41) is 10.1. The molecule has 0 aliphatic heterocycles. The first kappa shape index (κ1) is 16.8. The highest BCUT2D eigenvalue weighted by Crippen LogP contribution is 2.18. The lowest BCUT2D eigenvalue weighted by atomic mass is 9.94. The van der Waals surface area contributed by atoms with Gasteiger partial charge in [0.05, 0.1) is 5.54 Å². The molecule has 1 aromatic heterocycles. The summed E-state index contributed by atoms with van der Waals surface area (Å²) in [7, 11) is 1.68. The average molecular weight is 301 g/mol. The van der Waals surface area contributed by atoms with Crippen molar-refractivity contribution in [3.05, 3.63) is 10.5 Å². The highest BCUT2D eigenvalue weighted by Gasteiger charge is 2.28. The molecule has 1 rings (SSSR count). The summed E-state index contributed by atoms with van der Waals surface area (Å²) in [6.45, 7) is 4.50. The van der Waals surface area contributed by atoms with Gasteiger partial charge >= 0.3 is 5.69 Å². The van der Waals surface area contributed by atoms with Crippen molar-refractivity contribution in [2.24, 2.45) is 12.8 Å². The van der Waals surface area contributed by atoms with Crippen LogP contribution in [0.2, 0.25) is 0 Å². The number of primary amides is 1. The van der Waals surface area contributed by atoms with Crippen LogP contribution in [-0.4, -0.2) is 38.5 Å². The Balaban J connectivity index is 2.32. The Bertz CT molecular complexity index is 498. The van der Waals surface area contributed by atoms with Gasteiger partial charge in [0, 0.05) is 12.8 Å². The minimum Gasteiger partial charge on any atom is -0.368 e. The number of aromatic amines is 1. The Kier molecular flexibility index (Phi) is 6.28. The lowest BCUT2D eigenvalue weighted by Gasteiger charge is -2.26. The van der Waals surface area contributed by atoms with Crippen molar-refractivity contribution in [3.8, 4) is 0 Å². The van der Waals surface area contributed by atoms with Crippen LogP contribution in [0.15, 0.2) is 9.95 Å². The van der Waals surface area contributed by atoms with Crippen molar-refractivity contribution in [2.45, 2.75) is 43.8 Å². The van der Waals surface area contributed by atoms with Gasteiger partial charge in [-0.2, -0.15) is 0 Å². The van der Waals surface area contributed by atoms with Gasteiger partial charge in [-0.05, 0) is 26.3 Å². The quantitative estimate of drug-likeness (QED) is 0.447. The molecule has 7 nitrogen and oxygen atoms in total. The third-order valence-electron chi connectivity index (χ3n) is 3.25. The summed E-state index contributed by atoms with van der Waals surface area (Å²) in [5.74, 6) is 0.528. The Morgan fingerprint density at radius 2 is 2.25 bits per heavy atom. The summed E-state index contributed by atoms with van der Waals surface area (Å²) >= 11 is 1.52. The van der Waals surface area contributed by atoms with Crippen LogP contribution in [0.3, 0.4) is 0 Å². The Morgan fingerprint density at radius 3 is 2.75 bits per heavy atom. The van der Waals surface area contributed by atoms with Gasteiger partial charge < -0.3 is 11.1 Å². The molecule has 0 saturated carbocycles. The molecule has 0 aliphatic rings. The van der Waals surface area contributed by atoms with Crippen LogP contribution in [0.25, 0.3) is 0 Å². The van der Waals surface area contributed by atoms with Crippen LogP contribution in [0.5, 0.6) is 0 Å². The number of rotatable bonds is 9. The molecule has 1 aromatic rings. The van der Waals surface area contributed by atoms with E-state index in [4.69, 9.17) is 5.73 Å². The first-order valence-corrected chi connectivity index (χ1v) is 7.68. The first-order valence-electron chi connectivity index (χ1n) is 6.70. The summed E-state index contributed by atoms with van der Waals surface area (Å²) in [6, 6.07) is 0. The van der Waals surface area contributed by atoms with E-state index in [1.54, 1.807) is 7.05 Å². The van der Waals surface area contributed by atoms with Crippen LogP contribution in [0.1, 0.15) is 33.1 Å². The number of nitrogens with zero attached hydrogens (tertiary/aromatic N) is 2. The van der Waals surface area contributed by atoms with Crippen LogP contribution in [0, 0.1) is 0 Å². The number of nitrogens with two attached hydrogens (primary N) is 1. The molecule has 4 N–H and O–H groups in total. The molecule has 0 aliphatic carbocycles. The van der Waals surface area contributed by atoms with Crippen molar-refractivity contribution < 1.29 is 4.79 Å². The Labute approximate surface area is 122 Å². The van der Waals surface area contributed by atoms with Crippen molar-refractivity contribution in [1.29, 1.82) is 0 Å². The number of carbonyl (C=O) groups is 1. The van der Waals surface area contributed by atoms with Gasteiger partial charge in [0.25, 0.3) is 0 Å². The number of aromatic nitrogens is 3. The van der Waals surface area contributed by atoms with Gasteiger partial charge in [0.15, 0.2) is 5.16 Å². The Morgan fingerprint density at radius 1 is 1.55 bits per heavy atom. The van der Waals surface area contributed by atoms with E-state index in [9.17, 15) is 9.59 Å². The third-order valence-corrected chi connectivity index (χ3v) is 4.37. The normalized spacial score (nSPS) is 14.2. The fourth-order valence-electron chi connectivity index (χ4n) is 1.89. The molecular formula is C12H23N5O2S. The molecule has 20 heavy (non-hydrogen) atoms. The zero-order valence-corrected chi connectivity index (χ0v) is 13.0. The van der Waals surface area contributed by atoms with Gasteiger partial charge in [-0.3, -0.25) is 9.36 Å². The maximum absolute atomic E-state index is 11.4. The third kappa shape index (κ3) is 4.38. The van der Waals surface area contributed by atoms with E-state index in [-0.39, 0.29) is 11.6 Å². The standard InChI is InChI=1S/C12H23N5O2S/c1-4-14-12(2,9(13)18)7-5-6-8-20-11-16-15-10(19)17(11)3/h14H,4-8H2,1-3H3,(H2,13,18)(H,15,19). The molecule has 114 valence electrons. The van der Waals surface area contributed by atoms with E-state index in [0.717, 1.165) is 18.6 Å². The van der Waals surface area contributed by atoms with E-state index in [0.29, 0.717) is 18.1 Å². The SMILES string of the molecule is CCNC(C)(CCCCSc1n[nH]c(=O)n1C)C(N)=O. The minimum atomic E-state index is -0.640. The predicted molar refractivity (Wildman–Crippen MR) is 79.7 cm³/mol. The lowest BCUT2D eigenvalue weighted by molar-refractivity contribution is -0.124. The molecular weight excluding hydrogens is 278 g/mol. The summed E-state index contributed by atoms with van der Waals surface area (Å²) < 4.78 is 1.48. The second kappa shape index (κ2) is 7.49. The largest absolute Gasteiger partial charge is 0.368 e. The maximum Gasteiger partial charge on any atom is 0.343 e. The number of hydrogen-bond acceptors (Lipinski definition) is 5. The highest BCUT2D eigenvalue weighted by molar-refractivity contribution is 7.99. The van der Waals surface area contributed by atoms with Gasteiger partial charge in [0.1, 0.15) is 0 Å². The topological polar surface area (TPSA) is 106 Å². The molecule has 0 bridgehead atoms. The molecule has 0 spiro atoms. The van der Waals surface area contributed by atoms with Crippen molar-refractivity contribution in [2.75, 3.05) is 12.3 Å². The second-order valence-corrected chi connectivity index (χ2v) is 5.96. The monoisotopic (exact) mass is 301 g/mol. The molecule has 0 saturated heterocycles. The Hall–Kier alpha value is -1.28. The fraction of sp³-hybridized carbons (Fsp3) is 0.750. The van der Waals surface area contributed by atoms with Gasteiger partial charge in [-0.1, -0.05) is 25.1 Å². The second-order valence-electron chi connectivity index (χ2n) is 4.90. The zero-order valence-electron chi connectivity index (χ0n) is 12.2. The van der Waals surface area contributed by atoms with Gasteiger partial charge in [-0.15, -0.1) is 5.10 Å². The number of H-pyrrole nitrogens is 1. The number of likely N-dealkylation sites (N-methyl/N-ethyl adjacent to an activating group) is 1. The van der Waals surface area contributed by atoms with Crippen LogP contribution in [-0.2, 0) is 11.8 Å². The van der Waals surface area contributed by atoms with Crippen molar-refractivity contribution in [1.82, 2.24) is 20.1 Å². The van der Waals surface area contributed by atoms with E-state index in [1.807, 2.05) is 13.8 Å². The average Bonchev–Trinajstić information content (AvgIpc) is 2.70.